The van der Waals surface area contributed by atoms with Gasteiger partial charge in [0.25, 0.3) is 5.91 Å². The molecule has 2 saturated heterocycles. The summed E-state index contributed by atoms with van der Waals surface area (Å²) in [6, 6.07) is 6.95. The number of amides is 1. The third-order valence-electron chi connectivity index (χ3n) is 5.71. The van der Waals surface area contributed by atoms with E-state index in [9.17, 15) is 4.79 Å². The van der Waals surface area contributed by atoms with Crippen molar-refractivity contribution in [3.8, 4) is 0 Å². The molecule has 4 rings (SSSR count). The number of piperazine rings is 1. The van der Waals surface area contributed by atoms with Crippen LogP contribution in [0.5, 0.6) is 0 Å². The van der Waals surface area contributed by atoms with E-state index in [0.29, 0.717) is 6.04 Å². The largest absolute Gasteiger partial charge is 0.337 e. The quantitative estimate of drug-likeness (QED) is 0.888. The number of halogens is 1. The van der Waals surface area contributed by atoms with Gasteiger partial charge in [0, 0.05) is 50.9 Å². The summed E-state index contributed by atoms with van der Waals surface area (Å²) in [5.74, 6) is 0.232. The van der Waals surface area contributed by atoms with Crippen LogP contribution in [-0.2, 0) is 12.8 Å². The molecule has 0 bridgehead atoms. The third kappa shape index (κ3) is 3.61. The molecule has 1 aromatic rings. The van der Waals surface area contributed by atoms with Crippen LogP contribution in [0, 0.1) is 0 Å². The molecule has 5 heteroatoms. The van der Waals surface area contributed by atoms with Gasteiger partial charge in [-0.3, -0.25) is 9.69 Å². The van der Waals surface area contributed by atoms with Crippen molar-refractivity contribution >= 4 is 18.3 Å². The Balaban J connectivity index is 0.00000169. The van der Waals surface area contributed by atoms with Crippen molar-refractivity contribution in [2.45, 2.75) is 38.1 Å². The Labute approximate surface area is 151 Å². The monoisotopic (exact) mass is 349 g/mol. The third-order valence-corrected chi connectivity index (χ3v) is 5.71. The van der Waals surface area contributed by atoms with Crippen molar-refractivity contribution in [3.63, 3.8) is 0 Å². The molecule has 0 spiro atoms. The van der Waals surface area contributed by atoms with Crippen LogP contribution in [0.3, 0.4) is 0 Å². The van der Waals surface area contributed by atoms with E-state index >= 15 is 0 Å². The summed E-state index contributed by atoms with van der Waals surface area (Å²) in [4.78, 5) is 17.5. The van der Waals surface area contributed by atoms with Gasteiger partial charge in [-0.05, 0) is 55.4 Å². The zero-order valence-corrected chi connectivity index (χ0v) is 15.1. The molecule has 2 heterocycles. The molecule has 24 heavy (non-hydrogen) atoms. The van der Waals surface area contributed by atoms with Gasteiger partial charge in [-0.15, -0.1) is 12.4 Å². The fraction of sp³-hybridized carbons (Fsp3) is 0.632. The molecule has 1 aliphatic carbocycles. The second-order valence-corrected chi connectivity index (χ2v) is 7.17. The standard InChI is InChI=1S/C19H27N3O.ClH/c23-19(17-6-5-15-3-1-2-4-16(15)13-17)22-10-7-18(14-22)21-11-8-20-9-12-21;/h5-6,13,18,20H,1-4,7-12,14H2;1H. The van der Waals surface area contributed by atoms with Crippen LogP contribution in [0.15, 0.2) is 18.2 Å². The molecule has 1 unspecified atom stereocenters. The number of aryl methyl sites for hydroxylation is 2. The molecular weight excluding hydrogens is 322 g/mol. The Bertz CT molecular complexity index is 586. The van der Waals surface area contributed by atoms with Crippen LogP contribution in [0.1, 0.15) is 40.7 Å². The van der Waals surface area contributed by atoms with Crippen molar-refractivity contribution in [1.82, 2.24) is 15.1 Å². The van der Waals surface area contributed by atoms with Crippen molar-refractivity contribution in [2.24, 2.45) is 0 Å². The summed E-state index contributed by atoms with van der Waals surface area (Å²) >= 11 is 0. The summed E-state index contributed by atoms with van der Waals surface area (Å²) in [7, 11) is 0. The van der Waals surface area contributed by atoms with Crippen LogP contribution in [0.2, 0.25) is 0 Å². The lowest BCUT2D eigenvalue weighted by atomic mass is 9.90. The first-order valence-corrected chi connectivity index (χ1v) is 9.17. The fourth-order valence-electron chi connectivity index (χ4n) is 4.32. The minimum Gasteiger partial charge on any atom is -0.337 e. The first kappa shape index (κ1) is 17.7. The first-order valence-electron chi connectivity index (χ1n) is 9.17. The number of benzene rings is 1. The lowest BCUT2D eigenvalue weighted by molar-refractivity contribution is 0.0773. The Kier molecular flexibility index (Phi) is 5.80. The average Bonchev–Trinajstić information content (AvgIpc) is 3.11. The van der Waals surface area contributed by atoms with Crippen LogP contribution in [0.4, 0.5) is 0 Å². The topological polar surface area (TPSA) is 35.6 Å². The Hall–Kier alpha value is -1.10. The fourth-order valence-corrected chi connectivity index (χ4v) is 4.32. The lowest BCUT2D eigenvalue weighted by Gasteiger charge is -2.32. The minimum atomic E-state index is 0. The van der Waals surface area contributed by atoms with Crippen LogP contribution < -0.4 is 5.32 Å². The van der Waals surface area contributed by atoms with E-state index in [4.69, 9.17) is 0 Å². The molecule has 2 aliphatic heterocycles. The maximum atomic E-state index is 12.9. The maximum Gasteiger partial charge on any atom is 0.253 e. The van der Waals surface area contributed by atoms with Crippen molar-refractivity contribution in [3.05, 3.63) is 34.9 Å². The summed E-state index contributed by atoms with van der Waals surface area (Å²) in [5.41, 5.74) is 3.75. The van der Waals surface area contributed by atoms with Gasteiger partial charge in [-0.1, -0.05) is 6.07 Å². The highest BCUT2D eigenvalue weighted by molar-refractivity contribution is 5.94. The van der Waals surface area contributed by atoms with E-state index in [-0.39, 0.29) is 18.3 Å². The Morgan fingerprint density at radius 3 is 2.58 bits per heavy atom. The van der Waals surface area contributed by atoms with Crippen LogP contribution in [-0.4, -0.2) is 61.0 Å². The first-order chi connectivity index (χ1) is 11.3. The van der Waals surface area contributed by atoms with Gasteiger partial charge >= 0.3 is 0 Å². The number of carbonyl (C=O) groups excluding carboxylic acids is 1. The molecule has 1 atom stereocenters. The molecule has 4 nitrogen and oxygen atoms in total. The Morgan fingerprint density at radius 1 is 1.04 bits per heavy atom. The molecule has 1 aromatic carbocycles. The molecule has 0 radical (unpaired) electrons. The van der Waals surface area contributed by atoms with Crippen molar-refractivity contribution in [1.29, 1.82) is 0 Å². The number of likely N-dealkylation sites (tertiary alicyclic amines) is 1. The molecule has 0 aromatic heterocycles. The number of hydrogen-bond donors (Lipinski definition) is 1. The van der Waals surface area contributed by atoms with Gasteiger partial charge in [0.2, 0.25) is 0 Å². The molecule has 132 valence electrons. The number of hydrogen-bond acceptors (Lipinski definition) is 3. The zero-order chi connectivity index (χ0) is 15.6. The predicted molar refractivity (Wildman–Crippen MR) is 99.1 cm³/mol. The van der Waals surface area contributed by atoms with E-state index in [1.165, 1.54) is 30.4 Å². The average molecular weight is 350 g/mol. The Morgan fingerprint density at radius 2 is 1.79 bits per heavy atom. The number of nitrogens with zero attached hydrogens (tertiary/aromatic N) is 2. The maximum absolute atomic E-state index is 12.9. The van der Waals surface area contributed by atoms with Crippen molar-refractivity contribution < 1.29 is 4.79 Å². The molecule has 2 fully saturated rings. The molecule has 0 saturated carbocycles. The lowest BCUT2D eigenvalue weighted by Crippen LogP contribution is -2.49. The molecule has 3 aliphatic rings. The predicted octanol–water partition coefficient (Wildman–Crippen LogP) is 2.11. The van der Waals surface area contributed by atoms with Crippen molar-refractivity contribution in [2.75, 3.05) is 39.3 Å². The zero-order valence-electron chi connectivity index (χ0n) is 14.3. The van der Waals surface area contributed by atoms with Gasteiger partial charge in [-0.2, -0.15) is 0 Å². The summed E-state index contributed by atoms with van der Waals surface area (Å²) in [5, 5.41) is 3.40. The van der Waals surface area contributed by atoms with E-state index < -0.39 is 0 Å². The van der Waals surface area contributed by atoms with Crippen LogP contribution >= 0.6 is 12.4 Å². The highest BCUT2D eigenvalue weighted by Gasteiger charge is 2.31. The normalized spacial score (nSPS) is 24.3. The highest BCUT2D eigenvalue weighted by Crippen LogP contribution is 2.24. The van der Waals surface area contributed by atoms with E-state index in [1.807, 2.05) is 6.07 Å². The van der Waals surface area contributed by atoms with E-state index in [2.05, 4.69) is 27.2 Å². The van der Waals surface area contributed by atoms with E-state index in [1.54, 1.807) is 0 Å². The van der Waals surface area contributed by atoms with Gasteiger partial charge < -0.3 is 10.2 Å². The number of fused-ring (bicyclic) bond motifs is 1. The number of nitrogens with one attached hydrogen (secondary N) is 1. The summed E-state index contributed by atoms with van der Waals surface area (Å²) in [6.07, 6.45) is 5.99. The smallest absolute Gasteiger partial charge is 0.253 e. The molecule has 1 N–H and O–H groups in total. The second-order valence-electron chi connectivity index (χ2n) is 7.17. The second kappa shape index (κ2) is 7.85. The SMILES string of the molecule is Cl.O=C(c1ccc2c(c1)CCCC2)N1CCC(N2CCNCC2)C1. The minimum absolute atomic E-state index is 0. The van der Waals surface area contributed by atoms with Gasteiger partial charge in [0.05, 0.1) is 0 Å². The van der Waals surface area contributed by atoms with E-state index in [0.717, 1.165) is 57.7 Å². The van der Waals surface area contributed by atoms with Gasteiger partial charge in [0.1, 0.15) is 0 Å². The van der Waals surface area contributed by atoms with Crippen LogP contribution in [0.25, 0.3) is 0 Å². The molecular formula is C19H28ClN3O. The van der Waals surface area contributed by atoms with Gasteiger partial charge in [-0.25, -0.2) is 0 Å². The molecule has 1 amide bonds. The summed E-state index contributed by atoms with van der Waals surface area (Å²) in [6.45, 7) is 6.20. The number of rotatable bonds is 2. The number of carbonyl (C=O) groups is 1. The highest BCUT2D eigenvalue weighted by atomic mass is 35.5. The summed E-state index contributed by atoms with van der Waals surface area (Å²) < 4.78 is 0. The van der Waals surface area contributed by atoms with Gasteiger partial charge in [0.15, 0.2) is 0 Å².